The Labute approximate surface area is 215 Å². The molecule has 3 aliphatic heterocycles. The molecule has 0 amide bonds. The van der Waals surface area contributed by atoms with Gasteiger partial charge in [0.2, 0.25) is 0 Å². The van der Waals surface area contributed by atoms with Crippen molar-refractivity contribution in [3.63, 3.8) is 0 Å². The number of piperidine rings is 1. The van der Waals surface area contributed by atoms with Crippen molar-refractivity contribution in [1.82, 2.24) is 4.90 Å². The molecule has 188 valence electrons. The highest BCUT2D eigenvalue weighted by Crippen LogP contribution is 2.41. The molecule has 0 aliphatic carbocycles. The van der Waals surface area contributed by atoms with Crippen LogP contribution in [0.1, 0.15) is 35.1 Å². The smallest absolute Gasteiger partial charge is 0.260 e. The summed E-state index contributed by atoms with van der Waals surface area (Å²) >= 11 is 0. The Morgan fingerprint density at radius 2 is 1.84 bits per heavy atom. The van der Waals surface area contributed by atoms with E-state index in [1.807, 2.05) is 11.0 Å². The van der Waals surface area contributed by atoms with Gasteiger partial charge in [-0.25, -0.2) is 4.39 Å². The number of anilines is 1. The van der Waals surface area contributed by atoms with Crippen LogP contribution in [0.25, 0.3) is 6.08 Å². The van der Waals surface area contributed by atoms with E-state index in [2.05, 4.69) is 59.1 Å². The molecule has 0 radical (unpaired) electrons. The van der Waals surface area contributed by atoms with Crippen molar-refractivity contribution in [2.75, 3.05) is 18.1 Å². The van der Waals surface area contributed by atoms with Crippen molar-refractivity contribution in [2.45, 2.75) is 31.7 Å². The van der Waals surface area contributed by atoms with Crippen molar-refractivity contribution < 1.29 is 19.1 Å². The van der Waals surface area contributed by atoms with Gasteiger partial charge in [-0.3, -0.25) is 0 Å². The van der Waals surface area contributed by atoms with Gasteiger partial charge >= 0.3 is 0 Å². The Bertz CT molecular complexity index is 1380. The van der Waals surface area contributed by atoms with Crippen LogP contribution in [0.15, 0.2) is 90.3 Å². The number of nitrogens with zero attached hydrogens (tertiary/aromatic N) is 3. The second-order valence-electron chi connectivity index (χ2n) is 9.52. The molecule has 3 aromatic carbocycles. The largest absolute Gasteiger partial charge is 0.463 e. The van der Waals surface area contributed by atoms with Gasteiger partial charge in [-0.15, -0.1) is 0 Å². The topological polar surface area (TPSA) is 57.5 Å². The van der Waals surface area contributed by atoms with Gasteiger partial charge in [-0.1, -0.05) is 42.1 Å². The molecule has 1 fully saturated rings. The number of oxime groups is 1. The van der Waals surface area contributed by atoms with Crippen molar-refractivity contribution in [2.24, 2.45) is 5.16 Å². The molecular weight excluding hydrogens is 469 g/mol. The van der Waals surface area contributed by atoms with Gasteiger partial charge in [-0.05, 0) is 77.6 Å². The van der Waals surface area contributed by atoms with Gasteiger partial charge in [0.15, 0.2) is 5.84 Å². The summed E-state index contributed by atoms with van der Waals surface area (Å²) in [6.45, 7) is 5.80. The summed E-state index contributed by atoms with van der Waals surface area (Å²) in [4.78, 5) is 10.1. The molecular formula is C30H28FN3O3. The average Bonchev–Trinajstić information content (AvgIpc) is 3.52. The van der Waals surface area contributed by atoms with Gasteiger partial charge in [0, 0.05) is 25.2 Å². The van der Waals surface area contributed by atoms with Crippen molar-refractivity contribution in [3.05, 3.63) is 113 Å². The van der Waals surface area contributed by atoms with Crippen molar-refractivity contribution in [1.29, 1.82) is 0 Å². The molecule has 3 aromatic rings. The summed E-state index contributed by atoms with van der Waals surface area (Å²) in [6.07, 6.45) is 5.24. The Morgan fingerprint density at radius 1 is 1.08 bits per heavy atom. The molecule has 1 saturated heterocycles. The molecule has 3 heterocycles. The van der Waals surface area contributed by atoms with E-state index in [4.69, 9.17) is 9.57 Å². The SMILES string of the molecule is C=COc1cc(C=C2CCCN3C2=NOC3(CO)c2ccc(F)cc2)ccc1N1Cc2ccccc2C1. The lowest BCUT2D eigenvalue weighted by Gasteiger charge is -2.38. The third kappa shape index (κ3) is 4.05. The van der Waals surface area contributed by atoms with E-state index in [1.165, 1.54) is 29.5 Å². The quantitative estimate of drug-likeness (QED) is 0.454. The number of benzene rings is 3. The highest BCUT2D eigenvalue weighted by molar-refractivity contribution is 6.03. The molecule has 1 atom stereocenters. The lowest BCUT2D eigenvalue weighted by Crippen LogP contribution is -2.51. The molecule has 1 unspecified atom stereocenters. The number of aliphatic hydroxyl groups excluding tert-OH is 1. The maximum absolute atomic E-state index is 13.5. The summed E-state index contributed by atoms with van der Waals surface area (Å²) in [6, 6.07) is 20.7. The van der Waals surface area contributed by atoms with Gasteiger partial charge in [0.25, 0.3) is 5.72 Å². The van der Waals surface area contributed by atoms with Crippen LogP contribution >= 0.6 is 0 Å². The summed E-state index contributed by atoms with van der Waals surface area (Å²) < 4.78 is 19.4. The average molecular weight is 498 g/mol. The highest BCUT2D eigenvalue weighted by atomic mass is 19.1. The first kappa shape index (κ1) is 23.3. The standard InChI is InChI=1S/C30H28FN3O3/c1-2-36-28-17-21(9-14-27(28)33-18-23-6-3-4-7-24(23)19-33)16-22-8-5-15-34-29(22)32-37-30(34,20-35)25-10-12-26(31)13-11-25/h2-4,6-7,9-14,16-17,35H,1,5,8,15,18-20H2. The van der Waals surface area contributed by atoms with Gasteiger partial charge in [0.1, 0.15) is 18.2 Å². The van der Waals surface area contributed by atoms with E-state index in [0.29, 0.717) is 17.9 Å². The molecule has 0 aromatic heterocycles. The summed E-state index contributed by atoms with van der Waals surface area (Å²) in [5.74, 6) is 1.09. The van der Waals surface area contributed by atoms with Crippen LogP contribution in [0.3, 0.4) is 0 Å². The Kier molecular flexibility index (Phi) is 5.93. The molecule has 1 N–H and O–H groups in total. The van der Waals surface area contributed by atoms with E-state index < -0.39 is 5.72 Å². The van der Waals surface area contributed by atoms with Crippen LogP contribution in [0, 0.1) is 5.82 Å². The Balaban J connectivity index is 1.29. The van der Waals surface area contributed by atoms with Crippen LogP contribution in [0.4, 0.5) is 10.1 Å². The maximum Gasteiger partial charge on any atom is 0.260 e. The second kappa shape index (κ2) is 9.41. The first-order chi connectivity index (χ1) is 18.1. The minimum absolute atomic E-state index is 0.302. The normalized spacial score (nSPS) is 21.4. The monoisotopic (exact) mass is 497 g/mol. The van der Waals surface area contributed by atoms with Crippen LogP contribution in [-0.2, 0) is 23.7 Å². The molecule has 6 rings (SSSR count). The highest BCUT2D eigenvalue weighted by Gasteiger charge is 2.49. The van der Waals surface area contributed by atoms with Crippen LogP contribution in [0.2, 0.25) is 0 Å². The number of fused-ring (bicyclic) bond motifs is 2. The summed E-state index contributed by atoms with van der Waals surface area (Å²) in [5, 5.41) is 14.8. The molecule has 7 heteroatoms. The number of amidine groups is 1. The molecule has 3 aliphatic rings. The van der Waals surface area contributed by atoms with Gasteiger partial charge < -0.3 is 24.5 Å². The predicted molar refractivity (Wildman–Crippen MR) is 141 cm³/mol. The summed E-state index contributed by atoms with van der Waals surface area (Å²) in [5.41, 5.74) is 5.15. The van der Waals surface area contributed by atoms with E-state index >= 15 is 0 Å². The first-order valence-electron chi connectivity index (χ1n) is 12.5. The lowest BCUT2D eigenvalue weighted by molar-refractivity contribution is -0.137. The van der Waals surface area contributed by atoms with Crippen molar-refractivity contribution >= 4 is 17.6 Å². The summed E-state index contributed by atoms with van der Waals surface area (Å²) in [7, 11) is 0. The fourth-order valence-corrected chi connectivity index (χ4v) is 5.48. The number of hydrogen-bond acceptors (Lipinski definition) is 6. The van der Waals surface area contributed by atoms with E-state index in [0.717, 1.165) is 48.5 Å². The predicted octanol–water partition coefficient (Wildman–Crippen LogP) is 5.54. The van der Waals surface area contributed by atoms with Crippen LogP contribution in [0.5, 0.6) is 5.75 Å². The van der Waals surface area contributed by atoms with E-state index in [-0.39, 0.29) is 12.4 Å². The number of hydrogen-bond donors (Lipinski definition) is 1. The molecule has 37 heavy (non-hydrogen) atoms. The molecule has 0 bridgehead atoms. The third-order valence-electron chi connectivity index (χ3n) is 7.32. The number of aliphatic hydroxyl groups is 1. The third-order valence-corrected chi connectivity index (χ3v) is 7.32. The second-order valence-corrected chi connectivity index (χ2v) is 9.52. The molecule has 0 spiro atoms. The fourth-order valence-electron chi connectivity index (χ4n) is 5.48. The zero-order valence-electron chi connectivity index (χ0n) is 20.4. The minimum Gasteiger partial charge on any atom is -0.463 e. The van der Waals surface area contributed by atoms with E-state index in [1.54, 1.807) is 12.1 Å². The zero-order chi connectivity index (χ0) is 25.4. The number of halogens is 1. The number of ether oxygens (including phenoxy) is 1. The minimum atomic E-state index is -1.16. The van der Waals surface area contributed by atoms with Gasteiger partial charge in [0.05, 0.1) is 11.9 Å². The first-order valence-corrected chi connectivity index (χ1v) is 12.5. The van der Waals surface area contributed by atoms with E-state index in [9.17, 15) is 9.50 Å². The van der Waals surface area contributed by atoms with Crippen LogP contribution in [-0.4, -0.2) is 29.0 Å². The van der Waals surface area contributed by atoms with Gasteiger partial charge in [-0.2, -0.15) is 0 Å². The zero-order valence-corrected chi connectivity index (χ0v) is 20.4. The molecule has 0 saturated carbocycles. The Morgan fingerprint density at radius 3 is 2.54 bits per heavy atom. The fraction of sp³-hybridized carbons (Fsp3) is 0.233. The molecule has 6 nitrogen and oxygen atoms in total. The lowest BCUT2D eigenvalue weighted by atomic mass is 9.94. The van der Waals surface area contributed by atoms with Crippen LogP contribution < -0.4 is 9.64 Å². The maximum atomic E-state index is 13.5. The Hall–Kier alpha value is -4.10. The van der Waals surface area contributed by atoms with Crippen molar-refractivity contribution in [3.8, 4) is 5.75 Å². The number of rotatable bonds is 6.